The molecule has 2 heterocycles. The Morgan fingerprint density at radius 1 is 1.25 bits per heavy atom. The molecular formula is C13H20N6O. The molecule has 1 aromatic rings. The summed E-state index contributed by atoms with van der Waals surface area (Å²) < 4.78 is 0. The van der Waals surface area contributed by atoms with Crippen LogP contribution in [0.3, 0.4) is 0 Å². The SMILES string of the molecule is Cc1c(NN)nc(C2CC2)nc1NC1CCCNC1=O. The lowest BCUT2D eigenvalue weighted by Crippen LogP contribution is -2.44. The van der Waals surface area contributed by atoms with Crippen LogP contribution in [0.5, 0.6) is 0 Å². The molecule has 1 saturated carbocycles. The van der Waals surface area contributed by atoms with Crippen LogP contribution < -0.4 is 21.9 Å². The minimum Gasteiger partial charge on any atom is -0.358 e. The monoisotopic (exact) mass is 276 g/mol. The number of hydrogen-bond acceptors (Lipinski definition) is 6. The average molecular weight is 276 g/mol. The Kier molecular flexibility index (Phi) is 3.43. The summed E-state index contributed by atoms with van der Waals surface area (Å²) in [5.41, 5.74) is 3.46. The molecule has 1 atom stereocenters. The van der Waals surface area contributed by atoms with E-state index in [9.17, 15) is 4.79 Å². The minimum absolute atomic E-state index is 0.0319. The van der Waals surface area contributed by atoms with Gasteiger partial charge in [-0.1, -0.05) is 0 Å². The topological polar surface area (TPSA) is 105 Å². The molecule has 0 radical (unpaired) electrons. The molecule has 1 aliphatic heterocycles. The van der Waals surface area contributed by atoms with Crippen LogP contribution in [0, 0.1) is 6.92 Å². The summed E-state index contributed by atoms with van der Waals surface area (Å²) in [5.74, 6) is 8.13. The van der Waals surface area contributed by atoms with E-state index in [2.05, 4.69) is 26.0 Å². The van der Waals surface area contributed by atoms with Gasteiger partial charge in [0.05, 0.1) is 0 Å². The van der Waals surface area contributed by atoms with E-state index < -0.39 is 0 Å². The zero-order chi connectivity index (χ0) is 14.1. The van der Waals surface area contributed by atoms with E-state index >= 15 is 0 Å². The number of nitrogens with one attached hydrogen (secondary N) is 3. The maximum absolute atomic E-state index is 11.8. The van der Waals surface area contributed by atoms with Crippen LogP contribution in [-0.4, -0.2) is 28.5 Å². The molecule has 20 heavy (non-hydrogen) atoms. The molecule has 3 rings (SSSR count). The molecule has 1 saturated heterocycles. The van der Waals surface area contributed by atoms with E-state index in [-0.39, 0.29) is 11.9 Å². The van der Waals surface area contributed by atoms with Crippen LogP contribution in [0.15, 0.2) is 0 Å². The first-order valence-corrected chi connectivity index (χ1v) is 7.08. The van der Waals surface area contributed by atoms with Gasteiger partial charge in [-0.25, -0.2) is 15.8 Å². The van der Waals surface area contributed by atoms with Gasteiger partial charge in [0.25, 0.3) is 0 Å². The molecule has 2 fully saturated rings. The molecule has 1 amide bonds. The molecule has 7 heteroatoms. The Morgan fingerprint density at radius 2 is 2.00 bits per heavy atom. The van der Waals surface area contributed by atoms with E-state index in [1.54, 1.807) is 0 Å². The van der Waals surface area contributed by atoms with E-state index in [4.69, 9.17) is 5.84 Å². The van der Waals surface area contributed by atoms with Crippen molar-refractivity contribution in [3.63, 3.8) is 0 Å². The maximum atomic E-state index is 11.8. The third kappa shape index (κ3) is 2.53. The lowest BCUT2D eigenvalue weighted by Gasteiger charge is -2.24. The fourth-order valence-corrected chi connectivity index (χ4v) is 2.41. The van der Waals surface area contributed by atoms with Gasteiger partial charge < -0.3 is 16.1 Å². The zero-order valence-corrected chi connectivity index (χ0v) is 11.6. The Balaban J connectivity index is 1.87. The van der Waals surface area contributed by atoms with E-state index in [1.165, 1.54) is 0 Å². The van der Waals surface area contributed by atoms with Crippen molar-refractivity contribution in [2.24, 2.45) is 5.84 Å². The number of hydrogen-bond donors (Lipinski definition) is 4. The lowest BCUT2D eigenvalue weighted by atomic mass is 10.1. The predicted octanol–water partition coefficient (Wildman–Crippen LogP) is 0.639. The van der Waals surface area contributed by atoms with Crippen molar-refractivity contribution >= 4 is 17.5 Å². The van der Waals surface area contributed by atoms with E-state index in [0.29, 0.717) is 17.6 Å². The number of amides is 1. The van der Waals surface area contributed by atoms with Crippen LogP contribution in [0.2, 0.25) is 0 Å². The largest absolute Gasteiger partial charge is 0.358 e. The molecule has 0 bridgehead atoms. The van der Waals surface area contributed by atoms with Crippen molar-refractivity contribution < 1.29 is 4.79 Å². The normalized spacial score (nSPS) is 22.3. The van der Waals surface area contributed by atoms with Crippen molar-refractivity contribution in [1.29, 1.82) is 0 Å². The Bertz CT molecular complexity index is 528. The Morgan fingerprint density at radius 3 is 2.65 bits per heavy atom. The highest BCUT2D eigenvalue weighted by molar-refractivity contribution is 5.85. The van der Waals surface area contributed by atoms with Crippen LogP contribution in [0.4, 0.5) is 11.6 Å². The lowest BCUT2D eigenvalue weighted by molar-refractivity contribution is -0.123. The first-order valence-electron chi connectivity index (χ1n) is 7.08. The van der Waals surface area contributed by atoms with Crippen molar-refractivity contribution in [2.45, 2.75) is 44.6 Å². The quantitative estimate of drug-likeness (QED) is 0.475. The van der Waals surface area contributed by atoms with Crippen molar-refractivity contribution in [3.05, 3.63) is 11.4 Å². The van der Waals surface area contributed by atoms with Gasteiger partial charge in [0.2, 0.25) is 5.91 Å². The smallest absolute Gasteiger partial charge is 0.242 e. The van der Waals surface area contributed by atoms with Crippen LogP contribution in [-0.2, 0) is 4.79 Å². The summed E-state index contributed by atoms with van der Waals surface area (Å²) in [5, 5.41) is 6.10. The third-order valence-electron chi connectivity index (χ3n) is 3.84. The number of nitrogens with zero attached hydrogens (tertiary/aromatic N) is 2. The summed E-state index contributed by atoms with van der Waals surface area (Å²) in [6.45, 7) is 2.65. The summed E-state index contributed by atoms with van der Waals surface area (Å²) in [6.07, 6.45) is 4.04. The summed E-state index contributed by atoms with van der Waals surface area (Å²) in [7, 11) is 0. The molecule has 1 unspecified atom stereocenters. The Labute approximate surface area is 117 Å². The fourth-order valence-electron chi connectivity index (χ4n) is 2.41. The molecule has 2 aliphatic rings. The van der Waals surface area contributed by atoms with Crippen molar-refractivity contribution in [3.8, 4) is 0 Å². The third-order valence-corrected chi connectivity index (χ3v) is 3.84. The molecule has 0 aromatic carbocycles. The fraction of sp³-hybridized carbons (Fsp3) is 0.615. The van der Waals surface area contributed by atoms with Crippen LogP contribution in [0.1, 0.15) is 43.0 Å². The second-order valence-electron chi connectivity index (χ2n) is 5.45. The molecule has 1 aromatic heterocycles. The van der Waals surface area contributed by atoms with Crippen LogP contribution >= 0.6 is 0 Å². The number of nitrogen functional groups attached to an aromatic ring is 1. The molecule has 1 aliphatic carbocycles. The van der Waals surface area contributed by atoms with Gasteiger partial charge in [-0.15, -0.1) is 0 Å². The van der Waals surface area contributed by atoms with Gasteiger partial charge >= 0.3 is 0 Å². The molecule has 5 N–H and O–H groups in total. The number of nitrogens with two attached hydrogens (primary N) is 1. The average Bonchev–Trinajstić information content (AvgIpc) is 3.28. The number of anilines is 2. The zero-order valence-electron chi connectivity index (χ0n) is 11.6. The maximum Gasteiger partial charge on any atom is 0.242 e. The molecule has 0 spiro atoms. The van der Waals surface area contributed by atoms with Crippen molar-refractivity contribution in [2.75, 3.05) is 17.3 Å². The van der Waals surface area contributed by atoms with Gasteiger partial charge in [0.1, 0.15) is 23.5 Å². The van der Waals surface area contributed by atoms with Gasteiger partial charge in [-0.2, -0.15) is 0 Å². The number of carbonyl (C=O) groups excluding carboxylic acids is 1. The van der Waals surface area contributed by atoms with Crippen LogP contribution in [0.25, 0.3) is 0 Å². The van der Waals surface area contributed by atoms with E-state index in [0.717, 1.165) is 43.6 Å². The first-order chi connectivity index (χ1) is 9.69. The molecule has 7 nitrogen and oxygen atoms in total. The standard InChI is InChI=1S/C13H20N6O/c1-7-10(16-9-3-2-6-15-13(9)20)17-12(8-4-5-8)18-11(7)19-14/h8-9H,2-6,14H2,1H3,(H,15,20)(H2,16,17,18,19). The molecule has 108 valence electrons. The first kappa shape index (κ1) is 13.1. The highest BCUT2D eigenvalue weighted by Crippen LogP contribution is 2.39. The van der Waals surface area contributed by atoms with Gasteiger partial charge in [-0.3, -0.25) is 4.79 Å². The summed E-state index contributed by atoms with van der Waals surface area (Å²) in [4.78, 5) is 20.8. The highest BCUT2D eigenvalue weighted by atomic mass is 16.2. The number of carbonyl (C=O) groups is 1. The second kappa shape index (κ2) is 5.24. The number of hydrazine groups is 1. The van der Waals surface area contributed by atoms with Gasteiger partial charge in [0, 0.05) is 18.0 Å². The number of piperidine rings is 1. The highest BCUT2D eigenvalue weighted by Gasteiger charge is 2.29. The number of rotatable bonds is 4. The van der Waals surface area contributed by atoms with Crippen molar-refractivity contribution in [1.82, 2.24) is 15.3 Å². The predicted molar refractivity (Wildman–Crippen MR) is 76.2 cm³/mol. The van der Waals surface area contributed by atoms with Gasteiger partial charge in [-0.05, 0) is 32.6 Å². The Hall–Kier alpha value is -1.89. The molecular weight excluding hydrogens is 256 g/mol. The van der Waals surface area contributed by atoms with Gasteiger partial charge in [0.15, 0.2) is 0 Å². The second-order valence-corrected chi connectivity index (χ2v) is 5.45. The minimum atomic E-state index is -0.227. The summed E-state index contributed by atoms with van der Waals surface area (Å²) in [6, 6.07) is -0.227. The van der Waals surface area contributed by atoms with E-state index in [1.807, 2.05) is 6.92 Å². The number of aromatic nitrogens is 2. The summed E-state index contributed by atoms with van der Waals surface area (Å²) >= 11 is 0.